The summed E-state index contributed by atoms with van der Waals surface area (Å²) < 4.78 is 0.594. The van der Waals surface area contributed by atoms with Crippen molar-refractivity contribution >= 4 is 17.8 Å². The lowest BCUT2D eigenvalue weighted by Crippen LogP contribution is -2.22. The Labute approximate surface area is 70.6 Å². The Kier molecular flexibility index (Phi) is 4.81. The second-order valence-corrected chi connectivity index (χ2v) is 1.95. The van der Waals surface area contributed by atoms with Crippen molar-refractivity contribution in [3.05, 3.63) is 0 Å². The molecule has 11 heavy (non-hydrogen) atoms. The van der Waals surface area contributed by atoms with E-state index in [1.807, 2.05) is 0 Å². The third-order valence-electron chi connectivity index (χ3n) is 0.765. The fourth-order valence-electron chi connectivity index (χ4n) is 0.315. The minimum Gasteiger partial charge on any atom is -0.350 e. The van der Waals surface area contributed by atoms with Gasteiger partial charge in [-0.05, 0) is 0 Å². The standard InChI is InChI=1S/C7H7ClN2O/c1-2-3-4-5-6-10(8)7(9)11/h1H,3-4H2,(H2,9,11). The van der Waals surface area contributed by atoms with Crippen molar-refractivity contribution < 1.29 is 4.79 Å². The van der Waals surface area contributed by atoms with Crippen LogP contribution in [0.2, 0.25) is 0 Å². The fraction of sp³-hybridized carbons (Fsp3) is 0.286. The Morgan fingerprint density at radius 2 is 2.27 bits per heavy atom. The molecule has 0 aromatic carbocycles. The van der Waals surface area contributed by atoms with Crippen molar-refractivity contribution in [1.29, 1.82) is 0 Å². The molecule has 0 rings (SSSR count). The van der Waals surface area contributed by atoms with Crippen LogP contribution in [0.25, 0.3) is 0 Å². The zero-order valence-electron chi connectivity index (χ0n) is 5.80. The molecule has 0 atom stereocenters. The molecule has 0 bridgehead atoms. The maximum absolute atomic E-state index is 10.2. The molecule has 0 unspecified atom stereocenters. The molecule has 0 saturated carbocycles. The van der Waals surface area contributed by atoms with E-state index in [1.54, 1.807) is 0 Å². The van der Waals surface area contributed by atoms with Gasteiger partial charge in [0.25, 0.3) is 0 Å². The zero-order chi connectivity index (χ0) is 8.69. The Balaban J connectivity index is 3.71. The largest absolute Gasteiger partial charge is 0.350 e. The maximum Gasteiger partial charge on any atom is 0.341 e. The number of terminal acetylenes is 1. The number of nitrogens with two attached hydrogens (primary N) is 1. The second-order valence-electron chi connectivity index (χ2n) is 1.61. The SMILES string of the molecule is C#CCCC#CN(Cl)C(N)=O. The molecule has 0 aliphatic rings. The number of nitrogens with zero attached hydrogens (tertiary/aromatic N) is 1. The van der Waals surface area contributed by atoms with Crippen molar-refractivity contribution in [2.75, 3.05) is 0 Å². The minimum absolute atomic E-state index is 0.507. The number of amides is 2. The van der Waals surface area contributed by atoms with Gasteiger partial charge in [0, 0.05) is 30.7 Å². The van der Waals surface area contributed by atoms with Gasteiger partial charge in [0.2, 0.25) is 0 Å². The van der Waals surface area contributed by atoms with Crippen LogP contribution in [0, 0.1) is 24.3 Å². The summed E-state index contributed by atoms with van der Waals surface area (Å²) in [6.45, 7) is 0. The number of rotatable bonds is 1. The quantitative estimate of drug-likeness (QED) is 0.270. The predicted molar refractivity (Wildman–Crippen MR) is 43.1 cm³/mol. The van der Waals surface area contributed by atoms with E-state index in [0.717, 1.165) is 0 Å². The van der Waals surface area contributed by atoms with Crippen molar-refractivity contribution in [1.82, 2.24) is 4.42 Å². The van der Waals surface area contributed by atoms with Gasteiger partial charge in [-0.15, -0.1) is 12.3 Å². The number of primary amides is 1. The number of carbonyl (C=O) groups excluding carboxylic acids is 1. The number of carbonyl (C=O) groups is 1. The first kappa shape index (κ1) is 9.68. The molecule has 0 heterocycles. The highest BCUT2D eigenvalue weighted by atomic mass is 35.5. The first-order chi connectivity index (χ1) is 5.18. The van der Waals surface area contributed by atoms with E-state index in [4.69, 9.17) is 23.9 Å². The summed E-state index contributed by atoms with van der Waals surface area (Å²) in [6, 6.07) is 1.50. The van der Waals surface area contributed by atoms with Crippen LogP contribution < -0.4 is 5.73 Å². The van der Waals surface area contributed by atoms with Crippen molar-refractivity contribution in [2.45, 2.75) is 12.8 Å². The average Bonchev–Trinajstić information content (AvgIpc) is 1.97. The summed E-state index contributed by atoms with van der Waals surface area (Å²) in [6.07, 6.45) is 5.99. The van der Waals surface area contributed by atoms with Gasteiger partial charge in [-0.1, -0.05) is 5.92 Å². The third kappa shape index (κ3) is 5.14. The first-order valence-corrected chi connectivity index (χ1v) is 3.19. The number of hydrogen-bond acceptors (Lipinski definition) is 1. The second kappa shape index (κ2) is 5.46. The maximum atomic E-state index is 10.2. The Bertz CT molecular complexity index is 233. The summed E-state index contributed by atoms with van der Waals surface area (Å²) in [5, 5.41) is 0. The van der Waals surface area contributed by atoms with E-state index in [9.17, 15) is 4.79 Å². The van der Waals surface area contributed by atoms with Gasteiger partial charge >= 0.3 is 6.03 Å². The van der Waals surface area contributed by atoms with Crippen LogP contribution in [0.1, 0.15) is 12.8 Å². The smallest absolute Gasteiger partial charge is 0.341 e. The molecule has 0 aliphatic heterocycles. The topological polar surface area (TPSA) is 46.3 Å². The molecule has 0 aliphatic carbocycles. The lowest BCUT2D eigenvalue weighted by Gasteiger charge is -1.96. The molecule has 0 saturated heterocycles. The van der Waals surface area contributed by atoms with Crippen LogP contribution in [-0.4, -0.2) is 10.5 Å². The van der Waals surface area contributed by atoms with Crippen LogP contribution in [0.5, 0.6) is 0 Å². The number of hydrogen-bond donors (Lipinski definition) is 1. The molecule has 0 aromatic heterocycles. The van der Waals surface area contributed by atoms with Gasteiger partial charge in [0.15, 0.2) is 0 Å². The summed E-state index contributed by atoms with van der Waals surface area (Å²) in [5.74, 6) is 4.96. The molecule has 0 radical (unpaired) electrons. The molecule has 2 N–H and O–H groups in total. The zero-order valence-corrected chi connectivity index (χ0v) is 6.56. The normalized spacial score (nSPS) is 7.27. The van der Waals surface area contributed by atoms with Crippen molar-refractivity contribution in [3.8, 4) is 24.3 Å². The Hall–Kier alpha value is -1.32. The predicted octanol–water partition coefficient (Wildman–Crippen LogP) is 0.895. The Morgan fingerprint density at radius 1 is 1.64 bits per heavy atom. The first-order valence-electron chi connectivity index (χ1n) is 2.85. The monoisotopic (exact) mass is 170 g/mol. The average molecular weight is 171 g/mol. The van der Waals surface area contributed by atoms with Crippen LogP contribution >= 0.6 is 11.8 Å². The summed E-state index contributed by atoms with van der Waals surface area (Å²) in [4.78, 5) is 10.2. The van der Waals surface area contributed by atoms with Gasteiger partial charge in [0.1, 0.15) is 0 Å². The lowest BCUT2D eigenvalue weighted by molar-refractivity contribution is 0.242. The highest BCUT2D eigenvalue weighted by Crippen LogP contribution is 1.89. The van der Waals surface area contributed by atoms with Gasteiger partial charge < -0.3 is 5.73 Å². The third-order valence-corrected chi connectivity index (χ3v) is 1.02. The van der Waals surface area contributed by atoms with Crippen LogP contribution in [0.15, 0.2) is 0 Å². The summed E-state index contributed by atoms with van der Waals surface area (Å²) >= 11 is 5.23. The van der Waals surface area contributed by atoms with E-state index in [2.05, 4.69) is 17.9 Å². The van der Waals surface area contributed by atoms with E-state index >= 15 is 0 Å². The van der Waals surface area contributed by atoms with Crippen LogP contribution in [0.3, 0.4) is 0 Å². The molecule has 4 heteroatoms. The molecule has 2 amide bonds. The minimum atomic E-state index is -0.792. The van der Waals surface area contributed by atoms with E-state index in [-0.39, 0.29) is 0 Å². The molecule has 0 fully saturated rings. The van der Waals surface area contributed by atoms with Gasteiger partial charge in [-0.25, -0.2) is 4.79 Å². The molecule has 0 spiro atoms. The summed E-state index contributed by atoms with van der Waals surface area (Å²) in [7, 11) is 0. The highest BCUT2D eigenvalue weighted by molar-refractivity contribution is 6.22. The highest BCUT2D eigenvalue weighted by Gasteiger charge is 1.98. The van der Waals surface area contributed by atoms with Crippen molar-refractivity contribution in [2.24, 2.45) is 5.73 Å². The Morgan fingerprint density at radius 3 is 2.73 bits per heavy atom. The summed E-state index contributed by atoms with van der Waals surface area (Å²) in [5.41, 5.74) is 4.76. The van der Waals surface area contributed by atoms with Gasteiger partial charge in [-0.2, -0.15) is 4.42 Å². The van der Waals surface area contributed by atoms with E-state index < -0.39 is 6.03 Å². The van der Waals surface area contributed by atoms with E-state index in [0.29, 0.717) is 17.3 Å². The molecule has 0 aromatic rings. The number of halogens is 1. The molecule has 3 nitrogen and oxygen atoms in total. The fourth-order valence-corrected chi connectivity index (χ4v) is 0.375. The number of urea groups is 1. The molecule has 58 valence electrons. The molecular weight excluding hydrogens is 164 g/mol. The van der Waals surface area contributed by atoms with Crippen LogP contribution in [-0.2, 0) is 0 Å². The molecular formula is C7H7ClN2O. The van der Waals surface area contributed by atoms with Gasteiger partial charge in [-0.3, -0.25) is 0 Å². The number of unbranched alkanes of at least 4 members (excludes halogenated alkanes) is 1. The van der Waals surface area contributed by atoms with Crippen LogP contribution in [0.4, 0.5) is 4.79 Å². The van der Waals surface area contributed by atoms with E-state index in [1.165, 1.54) is 0 Å². The lowest BCUT2D eigenvalue weighted by atomic mass is 10.3. The van der Waals surface area contributed by atoms with Gasteiger partial charge in [0.05, 0.1) is 0 Å². The van der Waals surface area contributed by atoms with Crippen molar-refractivity contribution in [3.63, 3.8) is 0 Å².